The van der Waals surface area contributed by atoms with Gasteiger partial charge in [-0.2, -0.15) is 4.99 Å². The molecule has 3 aromatic carbocycles. The molecule has 47 heavy (non-hydrogen) atoms. The lowest BCUT2D eigenvalue weighted by molar-refractivity contribution is -0.274. The standard InChI is InChI=1S/C34H35F3N6O3S/c1-21(2)29-18-28(45-5)14-15-30(29)43-23(4)19-47-33(43)40-32(44)38-17-16-22(3)24-6-8-25(9-7-24)31-39-20-42(41-31)26-10-12-27(13-11-26)46-34(35,36)37/h6-15,18-22H,16-17H2,1-5H3,(H,38,44)/b40-33-. The van der Waals surface area contributed by atoms with E-state index in [0.717, 1.165) is 33.8 Å². The molecule has 13 heteroatoms. The Labute approximate surface area is 274 Å². The summed E-state index contributed by atoms with van der Waals surface area (Å²) in [6, 6.07) is 18.8. The van der Waals surface area contributed by atoms with Gasteiger partial charge in [0.1, 0.15) is 17.8 Å². The van der Waals surface area contributed by atoms with Crippen LogP contribution in [0.3, 0.4) is 0 Å². The number of methoxy groups -OCH3 is 1. The molecule has 0 saturated heterocycles. The molecular formula is C34H35F3N6O3S. The zero-order valence-electron chi connectivity index (χ0n) is 26.6. The van der Waals surface area contributed by atoms with Gasteiger partial charge in [0.15, 0.2) is 10.6 Å². The largest absolute Gasteiger partial charge is 0.573 e. The molecule has 1 atom stereocenters. The minimum absolute atomic E-state index is 0.161. The van der Waals surface area contributed by atoms with Crippen molar-refractivity contribution in [3.8, 4) is 34.3 Å². The number of hydrogen-bond acceptors (Lipinski definition) is 6. The van der Waals surface area contributed by atoms with Crippen molar-refractivity contribution in [3.05, 3.63) is 100 Å². The van der Waals surface area contributed by atoms with Gasteiger partial charge >= 0.3 is 12.4 Å². The Hall–Kier alpha value is -4.91. The van der Waals surface area contributed by atoms with E-state index in [1.165, 1.54) is 46.6 Å². The molecule has 1 N–H and O–H groups in total. The second kappa shape index (κ2) is 14.2. The molecule has 5 aromatic rings. The van der Waals surface area contributed by atoms with Crippen LogP contribution in [-0.4, -0.2) is 45.4 Å². The number of nitrogens with one attached hydrogen (secondary N) is 1. The maximum absolute atomic E-state index is 12.8. The Balaban J connectivity index is 1.19. The van der Waals surface area contributed by atoms with E-state index in [1.54, 1.807) is 7.11 Å². The minimum atomic E-state index is -4.75. The maximum Gasteiger partial charge on any atom is 0.573 e. The predicted octanol–water partition coefficient (Wildman–Crippen LogP) is 7.93. The highest BCUT2D eigenvalue weighted by Gasteiger charge is 2.31. The van der Waals surface area contributed by atoms with Gasteiger partial charge < -0.3 is 14.8 Å². The first-order valence-electron chi connectivity index (χ1n) is 15.0. The summed E-state index contributed by atoms with van der Waals surface area (Å²) in [7, 11) is 1.65. The lowest BCUT2D eigenvalue weighted by Gasteiger charge is -2.16. The SMILES string of the molecule is COc1ccc(-n2c(C)cs/c2=N\C(=O)NCCC(C)c2ccc(-c3ncn(-c4ccc(OC(F)(F)F)cc4)n3)cc2)c(C(C)C)c1. The van der Waals surface area contributed by atoms with Crippen LogP contribution in [0.2, 0.25) is 0 Å². The van der Waals surface area contributed by atoms with E-state index in [2.05, 4.69) is 45.9 Å². The lowest BCUT2D eigenvalue weighted by atomic mass is 9.96. The maximum atomic E-state index is 12.8. The van der Waals surface area contributed by atoms with Gasteiger partial charge in [0.2, 0.25) is 0 Å². The lowest BCUT2D eigenvalue weighted by Crippen LogP contribution is -2.26. The van der Waals surface area contributed by atoms with Gasteiger partial charge in [-0.1, -0.05) is 45.0 Å². The summed E-state index contributed by atoms with van der Waals surface area (Å²) in [5.41, 5.74) is 5.49. The Morgan fingerprint density at radius 2 is 1.72 bits per heavy atom. The fraction of sp³-hybridized carbons (Fsp3) is 0.294. The molecule has 0 aliphatic heterocycles. The Kier molecular flexibility index (Phi) is 10.1. The van der Waals surface area contributed by atoms with Crippen molar-refractivity contribution >= 4 is 17.4 Å². The Morgan fingerprint density at radius 3 is 2.38 bits per heavy atom. The molecule has 2 aromatic heterocycles. The van der Waals surface area contributed by atoms with Crippen LogP contribution in [0, 0.1) is 6.92 Å². The highest BCUT2D eigenvalue weighted by atomic mass is 32.1. The second-order valence-corrected chi connectivity index (χ2v) is 12.1. The van der Waals surface area contributed by atoms with E-state index in [-0.39, 0.29) is 17.6 Å². The van der Waals surface area contributed by atoms with Crippen LogP contribution in [-0.2, 0) is 0 Å². The third-order valence-corrected chi connectivity index (χ3v) is 8.54. The average molecular weight is 665 g/mol. The normalized spacial score (nSPS) is 12.7. The summed E-state index contributed by atoms with van der Waals surface area (Å²) in [6.45, 7) is 8.78. The average Bonchev–Trinajstić information content (AvgIpc) is 3.67. The number of halogens is 3. The number of thiazole rings is 1. The number of alkyl halides is 3. The minimum Gasteiger partial charge on any atom is -0.497 e. The number of carbonyl (C=O) groups is 1. The smallest absolute Gasteiger partial charge is 0.497 e. The van der Waals surface area contributed by atoms with Crippen molar-refractivity contribution in [3.63, 3.8) is 0 Å². The highest BCUT2D eigenvalue weighted by Crippen LogP contribution is 2.28. The number of hydrogen-bond donors (Lipinski definition) is 1. The van der Waals surface area contributed by atoms with E-state index >= 15 is 0 Å². The molecule has 0 aliphatic rings. The molecule has 0 bridgehead atoms. The molecule has 9 nitrogen and oxygen atoms in total. The van der Waals surface area contributed by atoms with Crippen LogP contribution < -0.4 is 19.6 Å². The summed E-state index contributed by atoms with van der Waals surface area (Å²) >= 11 is 1.42. The van der Waals surface area contributed by atoms with Gasteiger partial charge in [0.05, 0.1) is 18.5 Å². The van der Waals surface area contributed by atoms with Gasteiger partial charge in [0.25, 0.3) is 0 Å². The van der Waals surface area contributed by atoms with E-state index in [1.807, 2.05) is 59.3 Å². The van der Waals surface area contributed by atoms with Crippen molar-refractivity contribution in [2.45, 2.75) is 52.3 Å². The zero-order chi connectivity index (χ0) is 33.7. The molecule has 0 saturated carbocycles. The van der Waals surface area contributed by atoms with Crippen molar-refractivity contribution in [1.29, 1.82) is 0 Å². The van der Waals surface area contributed by atoms with E-state index in [4.69, 9.17) is 4.74 Å². The van der Waals surface area contributed by atoms with Crippen LogP contribution >= 0.6 is 11.3 Å². The summed E-state index contributed by atoms with van der Waals surface area (Å²) in [5, 5.41) is 9.37. The first-order chi connectivity index (χ1) is 22.4. The quantitative estimate of drug-likeness (QED) is 0.164. The van der Waals surface area contributed by atoms with Crippen LogP contribution in [0.4, 0.5) is 18.0 Å². The Bertz CT molecular complexity index is 1890. The van der Waals surface area contributed by atoms with Crippen molar-refractivity contribution < 1.29 is 27.4 Å². The first kappa shape index (κ1) is 33.5. The Morgan fingerprint density at radius 1 is 1.02 bits per heavy atom. The highest BCUT2D eigenvalue weighted by molar-refractivity contribution is 7.07. The number of rotatable bonds is 10. The van der Waals surface area contributed by atoms with Crippen LogP contribution in [0.1, 0.15) is 55.8 Å². The van der Waals surface area contributed by atoms with Gasteiger partial charge in [-0.3, -0.25) is 4.57 Å². The molecule has 246 valence electrons. The third-order valence-electron chi connectivity index (χ3n) is 7.59. The van der Waals surface area contributed by atoms with Gasteiger partial charge in [-0.15, -0.1) is 29.6 Å². The molecule has 0 fully saturated rings. The second-order valence-electron chi connectivity index (χ2n) is 11.3. The van der Waals surface area contributed by atoms with E-state index in [9.17, 15) is 18.0 Å². The number of benzene rings is 3. The van der Waals surface area contributed by atoms with Crippen LogP contribution in [0.5, 0.6) is 11.5 Å². The van der Waals surface area contributed by atoms with Crippen molar-refractivity contribution in [2.24, 2.45) is 4.99 Å². The third kappa shape index (κ3) is 8.28. The predicted molar refractivity (Wildman–Crippen MR) is 174 cm³/mol. The van der Waals surface area contributed by atoms with E-state index in [0.29, 0.717) is 29.3 Å². The number of carbonyl (C=O) groups excluding carboxylic acids is 1. The van der Waals surface area contributed by atoms with E-state index < -0.39 is 12.4 Å². The molecule has 1 unspecified atom stereocenters. The zero-order valence-corrected chi connectivity index (χ0v) is 27.4. The topological polar surface area (TPSA) is 95.6 Å². The molecule has 0 aliphatic carbocycles. The van der Waals surface area contributed by atoms with Crippen molar-refractivity contribution in [1.82, 2.24) is 24.6 Å². The summed E-state index contributed by atoms with van der Waals surface area (Å²) in [5.74, 6) is 1.35. The molecular weight excluding hydrogens is 629 g/mol. The monoisotopic (exact) mass is 664 g/mol. The summed E-state index contributed by atoms with van der Waals surface area (Å²) in [6.07, 6.45) is -2.54. The number of aromatic nitrogens is 4. The molecule has 0 radical (unpaired) electrons. The number of nitrogens with zero attached hydrogens (tertiary/aromatic N) is 5. The fourth-order valence-corrected chi connectivity index (χ4v) is 5.92. The summed E-state index contributed by atoms with van der Waals surface area (Å²) in [4.78, 5) is 22.2. The first-order valence-corrected chi connectivity index (χ1v) is 15.9. The van der Waals surface area contributed by atoms with Gasteiger partial charge in [0, 0.05) is 23.2 Å². The van der Waals surface area contributed by atoms with Gasteiger partial charge in [-0.05, 0) is 78.8 Å². The number of ether oxygens (including phenoxy) is 2. The van der Waals surface area contributed by atoms with Crippen LogP contribution in [0.25, 0.3) is 22.8 Å². The number of urea groups is 1. The van der Waals surface area contributed by atoms with Crippen molar-refractivity contribution in [2.75, 3.05) is 13.7 Å². The summed E-state index contributed by atoms with van der Waals surface area (Å²) < 4.78 is 50.1. The van der Waals surface area contributed by atoms with Gasteiger partial charge in [-0.25, -0.2) is 14.5 Å². The molecule has 2 heterocycles. The molecule has 0 spiro atoms. The fourth-order valence-electron chi connectivity index (χ4n) is 5.06. The number of amides is 2. The molecule has 2 amide bonds. The molecule has 5 rings (SSSR count). The van der Waals surface area contributed by atoms with Crippen LogP contribution in [0.15, 0.2) is 83.4 Å². The number of aryl methyl sites for hydroxylation is 1.